The van der Waals surface area contributed by atoms with Crippen LogP contribution in [0.3, 0.4) is 0 Å². The summed E-state index contributed by atoms with van der Waals surface area (Å²) in [5.74, 6) is 0. The van der Waals surface area contributed by atoms with Gasteiger partial charge in [0.2, 0.25) is 0 Å². The van der Waals surface area contributed by atoms with Gasteiger partial charge in [-0.25, -0.2) is 14.8 Å². The molecule has 31 heavy (non-hydrogen) atoms. The standard InChI is InChI=1S/C22H13N3O4S2/c26-22-16(9-14-3-1-2-4-19(14)29-22)18-12-31-21(24-18)10-20-23-17(11-30-20)13-5-7-15(8-6-13)25(27)28/h1-9,11-12H,10H2. The zero-order chi connectivity index (χ0) is 21.4. The van der Waals surface area contributed by atoms with Gasteiger partial charge in [-0.05, 0) is 24.3 Å². The van der Waals surface area contributed by atoms with E-state index in [9.17, 15) is 14.9 Å². The van der Waals surface area contributed by atoms with Crippen LogP contribution in [0.2, 0.25) is 0 Å². The first-order valence-corrected chi connectivity index (χ1v) is 11.0. The zero-order valence-electron chi connectivity index (χ0n) is 15.8. The Hall–Kier alpha value is -3.69. The summed E-state index contributed by atoms with van der Waals surface area (Å²) < 4.78 is 5.41. The second kappa shape index (κ2) is 7.86. The van der Waals surface area contributed by atoms with Crippen molar-refractivity contribution < 1.29 is 9.34 Å². The van der Waals surface area contributed by atoms with Crippen molar-refractivity contribution in [2.24, 2.45) is 0 Å². The molecule has 0 aliphatic rings. The van der Waals surface area contributed by atoms with Crippen molar-refractivity contribution in [1.29, 1.82) is 0 Å². The van der Waals surface area contributed by atoms with Crippen LogP contribution in [-0.4, -0.2) is 14.9 Å². The average molecular weight is 447 g/mol. The lowest BCUT2D eigenvalue weighted by Gasteiger charge is -1.99. The molecule has 0 fully saturated rings. The molecule has 5 rings (SSSR count). The highest BCUT2D eigenvalue weighted by Gasteiger charge is 2.14. The number of fused-ring (bicyclic) bond motifs is 1. The van der Waals surface area contributed by atoms with Crippen molar-refractivity contribution in [3.63, 3.8) is 0 Å². The Kier molecular flexibility index (Phi) is 4.89. The lowest BCUT2D eigenvalue weighted by molar-refractivity contribution is -0.384. The number of nitrogens with zero attached hydrogens (tertiary/aromatic N) is 3. The van der Waals surface area contributed by atoms with Crippen LogP contribution in [-0.2, 0) is 6.42 Å². The Morgan fingerprint density at radius 3 is 2.35 bits per heavy atom. The van der Waals surface area contributed by atoms with Crippen LogP contribution < -0.4 is 5.63 Å². The Morgan fingerprint density at radius 2 is 1.61 bits per heavy atom. The molecule has 0 aliphatic heterocycles. The number of thiazole rings is 2. The van der Waals surface area contributed by atoms with Gasteiger partial charge in [-0.15, -0.1) is 22.7 Å². The molecule has 0 saturated heterocycles. The highest BCUT2D eigenvalue weighted by atomic mass is 32.1. The molecule has 0 unspecified atom stereocenters. The summed E-state index contributed by atoms with van der Waals surface area (Å²) in [5.41, 5.74) is 2.80. The monoisotopic (exact) mass is 447 g/mol. The summed E-state index contributed by atoms with van der Waals surface area (Å²) in [5, 5.41) is 17.1. The van der Waals surface area contributed by atoms with E-state index in [1.807, 2.05) is 29.0 Å². The molecule has 5 aromatic rings. The fourth-order valence-electron chi connectivity index (χ4n) is 3.16. The van der Waals surface area contributed by atoms with Crippen LogP contribution in [0.1, 0.15) is 10.0 Å². The summed E-state index contributed by atoms with van der Waals surface area (Å²) >= 11 is 2.96. The van der Waals surface area contributed by atoms with Gasteiger partial charge in [0, 0.05) is 33.8 Å². The van der Waals surface area contributed by atoms with Gasteiger partial charge < -0.3 is 4.42 Å². The normalized spacial score (nSPS) is 11.1. The van der Waals surface area contributed by atoms with Crippen molar-refractivity contribution >= 4 is 39.3 Å². The Bertz CT molecular complexity index is 1470. The maximum Gasteiger partial charge on any atom is 0.345 e. The minimum atomic E-state index is -0.424. The molecule has 0 aliphatic carbocycles. The lowest BCUT2D eigenvalue weighted by atomic mass is 10.1. The third-order valence-corrected chi connectivity index (χ3v) is 6.39. The van der Waals surface area contributed by atoms with E-state index in [1.165, 1.54) is 34.8 Å². The second-order valence-electron chi connectivity index (χ2n) is 6.72. The molecule has 0 radical (unpaired) electrons. The Balaban J connectivity index is 1.37. The SMILES string of the molecule is O=c1oc2ccccc2cc1-c1csc(Cc2nc(-c3ccc([N+](=O)[O-])cc3)cs2)n1. The summed E-state index contributed by atoms with van der Waals surface area (Å²) in [4.78, 5) is 32.0. The van der Waals surface area contributed by atoms with E-state index in [0.717, 1.165) is 26.7 Å². The predicted octanol–water partition coefficient (Wildman–Crippen LogP) is 5.54. The molecular formula is C22H13N3O4S2. The van der Waals surface area contributed by atoms with Gasteiger partial charge in [0.15, 0.2) is 0 Å². The molecule has 0 amide bonds. The van der Waals surface area contributed by atoms with Gasteiger partial charge in [0.1, 0.15) is 15.6 Å². The quantitative estimate of drug-likeness (QED) is 0.199. The van der Waals surface area contributed by atoms with Crippen LogP contribution in [0.25, 0.3) is 33.5 Å². The molecule has 0 spiro atoms. The molecule has 0 N–H and O–H groups in total. The number of hydrogen-bond acceptors (Lipinski definition) is 8. The first-order valence-electron chi connectivity index (χ1n) is 9.24. The minimum absolute atomic E-state index is 0.0488. The predicted molar refractivity (Wildman–Crippen MR) is 121 cm³/mol. The molecule has 2 aromatic carbocycles. The average Bonchev–Trinajstić information content (AvgIpc) is 3.43. The molecular weight excluding hydrogens is 434 g/mol. The molecule has 0 atom stereocenters. The van der Waals surface area contributed by atoms with E-state index in [1.54, 1.807) is 24.3 Å². The van der Waals surface area contributed by atoms with Crippen molar-refractivity contribution in [2.45, 2.75) is 6.42 Å². The van der Waals surface area contributed by atoms with E-state index in [2.05, 4.69) is 9.97 Å². The molecule has 152 valence electrons. The maximum absolute atomic E-state index is 12.4. The van der Waals surface area contributed by atoms with Gasteiger partial charge in [-0.2, -0.15) is 0 Å². The van der Waals surface area contributed by atoms with Crippen LogP contribution in [0.15, 0.2) is 74.6 Å². The number of nitro benzene ring substituents is 1. The highest BCUT2D eigenvalue weighted by molar-refractivity contribution is 7.11. The van der Waals surface area contributed by atoms with Crippen molar-refractivity contribution in [1.82, 2.24) is 9.97 Å². The van der Waals surface area contributed by atoms with Crippen LogP contribution in [0, 0.1) is 10.1 Å². The molecule has 0 bridgehead atoms. The number of para-hydroxylation sites is 1. The number of benzene rings is 2. The molecule has 3 aromatic heterocycles. The fraction of sp³-hybridized carbons (Fsp3) is 0.0455. The van der Waals surface area contributed by atoms with Crippen LogP contribution in [0.5, 0.6) is 0 Å². The number of rotatable bonds is 5. The number of hydrogen-bond donors (Lipinski definition) is 0. The summed E-state index contributed by atoms with van der Waals surface area (Å²) in [6, 6.07) is 15.5. The highest BCUT2D eigenvalue weighted by Crippen LogP contribution is 2.28. The van der Waals surface area contributed by atoms with Gasteiger partial charge in [0.25, 0.3) is 5.69 Å². The number of nitro groups is 1. The van der Waals surface area contributed by atoms with E-state index in [0.29, 0.717) is 23.3 Å². The van der Waals surface area contributed by atoms with Crippen molar-refractivity contribution in [3.05, 3.63) is 95.9 Å². The third-order valence-electron chi connectivity index (χ3n) is 4.70. The van der Waals surface area contributed by atoms with Gasteiger partial charge in [-0.1, -0.05) is 18.2 Å². The second-order valence-corrected chi connectivity index (χ2v) is 8.60. The van der Waals surface area contributed by atoms with E-state index in [4.69, 9.17) is 4.42 Å². The van der Waals surface area contributed by atoms with Crippen molar-refractivity contribution in [2.75, 3.05) is 0 Å². The van der Waals surface area contributed by atoms with Crippen molar-refractivity contribution in [3.8, 4) is 22.5 Å². The Morgan fingerprint density at radius 1 is 0.935 bits per heavy atom. The molecule has 7 nitrogen and oxygen atoms in total. The summed E-state index contributed by atoms with van der Waals surface area (Å²) in [7, 11) is 0. The fourth-order valence-corrected chi connectivity index (χ4v) is 4.86. The smallest absolute Gasteiger partial charge is 0.345 e. The molecule has 9 heteroatoms. The van der Waals surface area contributed by atoms with E-state index < -0.39 is 10.5 Å². The number of aromatic nitrogens is 2. The molecule has 0 saturated carbocycles. The maximum atomic E-state index is 12.4. The third kappa shape index (κ3) is 3.88. The van der Waals surface area contributed by atoms with Gasteiger partial charge in [-0.3, -0.25) is 10.1 Å². The largest absolute Gasteiger partial charge is 0.422 e. The van der Waals surface area contributed by atoms with E-state index in [-0.39, 0.29) is 5.69 Å². The van der Waals surface area contributed by atoms with Crippen LogP contribution >= 0.6 is 22.7 Å². The van der Waals surface area contributed by atoms with Crippen LogP contribution in [0.4, 0.5) is 5.69 Å². The summed E-state index contributed by atoms with van der Waals surface area (Å²) in [6.45, 7) is 0. The summed E-state index contributed by atoms with van der Waals surface area (Å²) in [6.07, 6.45) is 0.543. The molecule has 3 heterocycles. The first-order chi connectivity index (χ1) is 15.1. The van der Waals surface area contributed by atoms with Gasteiger partial charge in [0.05, 0.1) is 28.3 Å². The first kappa shape index (κ1) is 19.3. The van der Waals surface area contributed by atoms with Gasteiger partial charge >= 0.3 is 5.63 Å². The minimum Gasteiger partial charge on any atom is -0.422 e. The lowest BCUT2D eigenvalue weighted by Crippen LogP contribution is -2.02. The number of non-ortho nitro benzene ring substituents is 1. The Labute approximate surface area is 183 Å². The zero-order valence-corrected chi connectivity index (χ0v) is 17.5. The topological polar surface area (TPSA) is 99.1 Å². The van der Waals surface area contributed by atoms with E-state index >= 15 is 0 Å².